The molecule has 26 heavy (non-hydrogen) atoms. The van der Waals surface area contributed by atoms with E-state index in [1.165, 1.54) is 20.1 Å². The molecule has 0 fully saturated rings. The van der Waals surface area contributed by atoms with Crippen LogP contribution < -0.4 is 5.32 Å². The standard InChI is InChI=1S/C20H27NO5/c1-7-13-20(14(2)22,17(23)25-6)16(15-11-9-8-10-12-15)21-18(24)26-19(3,4)5/h7-12,16H,1,13H2,2-6H3,(H,21,24)/t16?,20-/m0/s1. The van der Waals surface area contributed by atoms with E-state index in [0.29, 0.717) is 5.56 Å². The molecule has 1 rings (SSSR count). The fraction of sp³-hybridized carbons (Fsp3) is 0.450. The van der Waals surface area contributed by atoms with Gasteiger partial charge in [-0.15, -0.1) is 6.58 Å². The molecule has 0 bridgehead atoms. The molecule has 0 aliphatic heterocycles. The van der Waals surface area contributed by atoms with Gasteiger partial charge in [-0.3, -0.25) is 9.59 Å². The van der Waals surface area contributed by atoms with E-state index in [1.807, 2.05) is 0 Å². The Labute approximate surface area is 154 Å². The van der Waals surface area contributed by atoms with E-state index in [9.17, 15) is 14.4 Å². The second-order valence-corrected chi connectivity index (χ2v) is 7.00. The summed E-state index contributed by atoms with van der Waals surface area (Å²) in [6.07, 6.45) is 0.736. The summed E-state index contributed by atoms with van der Waals surface area (Å²) in [7, 11) is 1.21. The smallest absolute Gasteiger partial charge is 0.408 e. The quantitative estimate of drug-likeness (QED) is 0.456. The Bertz CT molecular complexity index is 663. The number of hydrogen-bond donors (Lipinski definition) is 1. The molecule has 0 saturated carbocycles. The summed E-state index contributed by atoms with van der Waals surface area (Å²) in [4.78, 5) is 37.7. The maximum absolute atomic E-state index is 12.7. The largest absolute Gasteiger partial charge is 0.468 e. The molecule has 1 N–H and O–H groups in total. The third kappa shape index (κ3) is 4.94. The number of alkyl carbamates (subject to hydrolysis) is 1. The van der Waals surface area contributed by atoms with Crippen LogP contribution >= 0.6 is 0 Å². The number of allylic oxidation sites excluding steroid dienone is 1. The van der Waals surface area contributed by atoms with Crippen LogP contribution in [0.15, 0.2) is 43.0 Å². The van der Waals surface area contributed by atoms with Crippen LogP contribution in [0.4, 0.5) is 4.79 Å². The first-order chi connectivity index (χ1) is 12.1. The van der Waals surface area contributed by atoms with Crippen molar-refractivity contribution in [1.82, 2.24) is 5.32 Å². The zero-order chi connectivity index (χ0) is 20.0. The number of nitrogens with one attached hydrogen (secondary N) is 1. The molecule has 2 atom stereocenters. The van der Waals surface area contributed by atoms with Crippen molar-refractivity contribution in [2.75, 3.05) is 7.11 Å². The zero-order valence-electron chi connectivity index (χ0n) is 16.0. The maximum atomic E-state index is 12.7. The van der Waals surface area contributed by atoms with Crippen molar-refractivity contribution >= 4 is 17.8 Å². The van der Waals surface area contributed by atoms with Gasteiger partial charge in [0.15, 0.2) is 5.41 Å². The highest BCUT2D eigenvalue weighted by atomic mass is 16.6. The molecule has 0 saturated heterocycles. The highest BCUT2D eigenvalue weighted by Gasteiger charge is 2.52. The Hall–Kier alpha value is -2.63. The molecule has 142 valence electrons. The summed E-state index contributed by atoms with van der Waals surface area (Å²) < 4.78 is 10.2. The van der Waals surface area contributed by atoms with Crippen LogP contribution in [0.5, 0.6) is 0 Å². The highest BCUT2D eigenvalue weighted by Crippen LogP contribution is 2.40. The number of carbonyl (C=O) groups excluding carboxylic acids is 3. The molecule has 6 nitrogen and oxygen atoms in total. The molecule has 0 aliphatic rings. The SMILES string of the molecule is C=CC[C@@](C(C)=O)(C(=O)OC)C(NC(=O)OC(C)(C)C)c1ccccc1. The molecular weight excluding hydrogens is 334 g/mol. The van der Waals surface area contributed by atoms with Crippen LogP contribution in [0.1, 0.15) is 45.7 Å². The number of methoxy groups -OCH3 is 1. The molecule has 1 aromatic carbocycles. The summed E-state index contributed by atoms with van der Waals surface area (Å²) >= 11 is 0. The Balaban J connectivity index is 3.48. The van der Waals surface area contributed by atoms with Crippen LogP contribution in [0.25, 0.3) is 0 Å². The topological polar surface area (TPSA) is 81.7 Å². The van der Waals surface area contributed by atoms with Crippen molar-refractivity contribution in [3.05, 3.63) is 48.6 Å². The number of carbonyl (C=O) groups is 3. The van der Waals surface area contributed by atoms with Gasteiger partial charge in [0.25, 0.3) is 0 Å². The fourth-order valence-corrected chi connectivity index (χ4v) is 2.78. The molecule has 1 unspecified atom stereocenters. The lowest BCUT2D eigenvalue weighted by Gasteiger charge is -2.36. The van der Waals surface area contributed by atoms with E-state index in [2.05, 4.69) is 11.9 Å². The number of benzene rings is 1. The van der Waals surface area contributed by atoms with E-state index in [1.54, 1.807) is 51.1 Å². The van der Waals surface area contributed by atoms with Gasteiger partial charge in [-0.1, -0.05) is 36.4 Å². The van der Waals surface area contributed by atoms with Crippen LogP contribution in [0, 0.1) is 5.41 Å². The van der Waals surface area contributed by atoms with E-state index < -0.39 is 34.9 Å². The van der Waals surface area contributed by atoms with E-state index in [0.717, 1.165) is 0 Å². The molecule has 0 aliphatic carbocycles. The van der Waals surface area contributed by atoms with Gasteiger partial charge in [-0.05, 0) is 39.7 Å². The fourth-order valence-electron chi connectivity index (χ4n) is 2.78. The van der Waals surface area contributed by atoms with Crippen molar-refractivity contribution in [3.63, 3.8) is 0 Å². The highest BCUT2D eigenvalue weighted by molar-refractivity contribution is 6.04. The maximum Gasteiger partial charge on any atom is 0.408 e. The summed E-state index contributed by atoms with van der Waals surface area (Å²) in [6.45, 7) is 10.1. The van der Waals surface area contributed by atoms with Crippen molar-refractivity contribution < 1.29 is 23.9 Å². The van der Waals surface area contributed by atoms with Gasteiger partial charge in [0.2, 0.25) is 0 Å². The minimum atomic E-state index is -1.64. The first kappa shape index (κ1) is 21.4. The van der Waals surface area contributed by atoms with Gasteiger partial charge in [-0.2, -0.15) is 0 Å². The molecular formula is C20H27NO5. The van der Waals surface area contributed by atoms with E-state index in [4.69, 9.17) is 9.47 Å². The molecule has 1 amide bonds. The monoisotopic (exact) mass is 361 g/mol. The third-order valence-corrected chi connectivity index (χ3v) is 3.93. The van der Waals surface area contributed by atoms with Gasteiger partial charge >= 0.3 is 12.1 Å². The number of esters is 1. The van der Waals surface area contributed by atoms with Crippen molar-refractivity contribution in [3.8, 4) is 0 Å². The normalized spacial score (nSPS) is 14.5. The Morgan fingerprint density at radius 2 is 1.77 bits per heavy atom. The number of amides is 1. The van der Waals surface area contributed by atoms with Gasteiger partial charge in [0, 0.05) is 0 Å². The Kier molecular flexibility index (Phi) is 7.12. The summed E-state index contributed by atoms with van der Waals surface area (Å²) in [6, 6.07) is 7.80. The number of ketones is 1. The lowest BCUT2D eigenvalue weighted by molar-refractivity contribution is -0.159. The van der Waals surface area contributed by atoms with Crippen molar-refractivity contribution in [1.29, 1.82) is 0 Å². The minimum absolute atomic E-state index is 0.00433. The van der Waals surface area contributed by atoms with Crippen molar-refractivity contribution in [2.24, 2.45) is 5.41 Å². The number of Topliss-reactive ketones (excluding diaryl/α,β-unsaturated/α-hetero) is 1. The minimum Gasteiger partial charge on any atom is -0.468 e. The van der Waals surface area contributed by atoms with Crippen LogP contribution in [0.2, 0.25) is 0 Å². The molecule has 0 aromatic heterocycles. The second kappa shape index (κ2) is 8.65. The van der Waals surface area contributed by atoms with Crippen LogP contribution in [0.3, 0.4) is 0 Å². The first-order valence-corrected chi connectivity index (χ1v) is 8.33. The number of ether oxygens (including phenoxy) is 2. The van der Waals surface area contributed by atoms with Gasteiger partial charge in [0.05, 0.1) is 13.2 Å². The Morgan fingerprint density at radius 1 is 1.19 bits per heavy atom. The average molecular weight is 361 g/mol. The second-order valence-electron chi connectivity index (χ2n) is 7.00. The van der Waals surface area contributed by atoms with Crippen LogP contribution in [-0.4, -0.2) is 30.6 Å². The summed E-state index contributed by atoms with van der Waals surface area (Å²) in [5.41, 5.74) is -1.79. The van der Waals surface area contributed by atoms with E-state index >= 15 is 0 Å². The molecule has 1 aromatic rings. The van der Waals surface area contributed by atoms with Gasteiger partial charge in [-0.25, -0.2) is 4.79 Å². The molecule has 6 heteroatoms. The number of hydrogen-bond acceptors (Lipinski definition) is 5. The molecule has 0 radical (unpaired) electrons. The summed E-state index contributed by atoms with van der Waals surface area (Å²) in [5.74, 6) is -1.18. The lowest BCUT2D eigenvalue weighted by Crippen LogP contribution is -2.51. The van der Waals surface area contributed by atoms with Crippen LogP contribution in [-0.2, 0) is 19.1 Å². The Morgan fingerprint density at radius 3 is 2.19 bits per heavy atom. The lowest BCUT2D eigenvalue weighted by atomic mass is 9.71. The predicted molar refractivity (Wildman–Crippen MR) is 98.5 cm³/mol. The number of rotatable bonds is 7. The zero-order valence-corrected chi connectivity index (χ0v) is 16.0. The molecule has 0 heterocycles. The third-order valence-electron chi connectivity index (χ3n) is 3.93. The summed E-state index contributed by atoms with van der Waals surface area (Å²) in [5, 5.41) is 2.68. The van der Waals surface area contributed by atoms with E-state index in [-0.39, 0.29) is 6.42 Å². The average Bonchev–Trinajstić information content (AvgIpc) is 2.56. The molecule has 0 spiro atoms. The van der Waals surface area contributed by atoms with Crippen molar-refractivity contribution in [2.45, 2.75) is 45.8 Å². The predicted octanol–water partition coefficient (Wildman–Crippen LogP) is 3.58. The van der Waals surface area contributed by atoms with Gasteiger partial charge < -0.3 is 14.8 Å². The van der Waals surface area contributed by atoms with Gasteiger partial charge in [0.1, 0.15) is 11.4 Å². The first-order valence-electron chi connectivity index (χ1n) is 8.33.